The van der Waals surface area contributed by atoms with Crippen molar-refractivity contribution in [3.63, 3.8) is 0 Å². The van der Waals surface area contributed by atoms with Gasteiger partial charge in [0.25, 0.3) is 0 Å². The Morgan fingerprint density at radius 1 is 1.29 bits per heavy atom. The van der Waals surface area contributed by atoms with Crippen molar-refractivity contribution < 1.29 is 0 Å². The van der Waals surface area contributed by atoms with Crippen LogP contribution in [0.2, 0.25) is 0 Å². The number of aromatic nitrogens is 1. The van der Waals surface area contributed by atoms with Crippen molar-refractivity contribution in [1.82, 2.24) is 4.98 Å². The molecule has 3 heteroatoms. The topological polar surface area (TPSA) is 50.9 Å². The van der Waals surface area contributed by atoms with Gasteiger partial charge in [-0.2, -0.15) is 0 Å². The van der Waals surface area contributed by atoms with Crippen LogP contribution in [-0.2, 0) is 0 Å². The summed E-state index contributed by atoms with van der Waals surface area (Å²) in [5.41, 5.74) is 9.08. The van der Waals surface area contributed by atoms with Gasteiger partial charge in [-0.05, 0) is 48.9 Å². The number of hydrogen-bond donors (Lipinski definition) is 2. The Labute approximate surface area is 127 Å². The summed E-state index contributed by atoms with van der Waals surface area (Å²) in [5.74, 6) is 1.78. The lowest BCUT2D eigenvalue weighted by Crippen LogP contribution is -2.17. The summed E-state index contributed by atoms with van der Waals surface area (Å²) >= 11 is 0. The van der Waals surface area contributed by atoms with Gasteiger partial charge in [-0.3, -0.25) is 4.98 Å². The maximum absolute atomic E-state index is 6.26. The Balaban J connectivity index is 1.61. The molecule has 0 radical (unpaired) electrons. The summed E-state index contributed by atoms with van der Waals surface area (Å²) in [4.78, 5) is 4.34. The predicted molar refractivity (Wildman–Crippen MR) is 90.4 cm³/mol. The van der Waals surface area contributed by atoms with Gasteiger partial charge in [-0.1, -0.05) is 26.2 Å². The van der Waals surface area contributed by atoms with Gasteiger partial charge in [0.1, 0.15) is 0 Å². The van der Waals surface area contributed by atoms with E-state index >= 15 is 0 Å². The fourth-order valence-corrected chi connectivity index (χ4v) is 3.56. The lowest BCUT2D eigenvalue weighted by molar-refractivity contribution is 0.274. The molecule has 112 valence electrons. The SMILES string of the molecule is CC1CCCC(CCNc2ccc3ncccc3c2N)C1. The van der Waals surface area contributed by atoms with Crippen LogP contribution in [0.4, 0.5) is 11.4 Å². The molecule has 0 amide bonds. The van der Waals surface area contributed by atoms with Gasteiger partial charge in [0.2, 0.25) is 0 Å². The molecule has 1 aromatic heterocycles. The number of anilines is 2. The van der Waals surface area contributed by atoms with Crippen molar-refractivity contribution in [1.29, 1.82) is 0 Å². The number of benzene rings is 1. The third-order valence-corrected chi connectivity index (χ3v) is 4.74. The molecule has 1 aromatic carbocycles. The molecule has 2 unspecified atom stereocenters. The molecule has 0 aliphatic heterocycles. The minimum Gasteiger partial charge on any atom is -0.397 e. The first-order valence-electron chi connectivity index (χ1n) is 8.11. The maximum Gasteiger partial charge on any atom is 0.0724 e. The van der Waals surface area contributed by atoms with E-state index in [1.54, 1.807) is 6.20 Å². The quantitative estimate of drug-likeness (QED) is 0.815. The lowest BCUT2D eigenvalue weighted by Gasteiger charge is -2.26. The van der Waals surface area contributed by atoms with E-state index < -0.39 is 0 Å². The second-order valence-electron chi connectivity index (χ2n) is 6.45. The largest absolute Gasteiger partial charge is 0.397 e. The normalized spacial score (nSPS) is 22.3. The van der Waals surface area contributed by atoms with E-state index in [0.717, 1.165) is 40.7 Å². The molecule has 0 spiro atoms. The van der Waals surface area contributed by atoms with E-state index in [-0.39, 0.29) is 0 Å². The second kappa shape index (κ2) is 6.33. The van der Waals surface area contributed by atoms with Crippen LogP contribution in [0.25, 0.3) is 10.9 Å². The Kier molecular flexibility index (Phi) is 4.28. The highest BCUT2D eigenvalue weighted by molar-refractivity contribution is 5.96. The molecule has 0 saturated heterocycles. The molecule has 21 heavy (non-hydrogen) atoms. The first-order valence-corrected chi connectivity index (χ1v) is 8.11. The summed E-state index contributed by atoms with van der Waals surface area (Å²) in [6.07, 6.45) is 8.64. The van der Waals surface area contributed by atoms with Crippen molar-refractivity contribution in [3.05, 3.63) is 30.5 Å². The number of nitrogens with zero attached hydrogens (tertiary/aromatic N) is 1. The van der Waals surface area contributed by atoms with Crippen molar-refractivity contribution in [2.24, 2.45) is 11.8 Å². The molecule has 1 aliphatic rings. The molecule has 1 saturated carbocycles. The number of nitrogens with one attached hydrogen (secondary N) is 1. The zero-order valence-electron chi connectivity index (χ0n) is 12.8. The third-order valence-electron chi connectivity index (χ3n) is 4.74. The van der Waals surface area contributed by atoms with Crippen molar-refractivity contribution >= 4 is 22.3 Å². The monoisotopic (exact) mass is 283 g/mol. The number of nitrogens with two attached hydrogens (primary N) is 1. The van der Waals surface area contributed by atoms with Gasteiger partial charge in [0.05, 0.1) is 16.9 Å². The molecule has 2 atom stereocenters. The van der Waals surface area contributed by atoms with E-state index in [0.29, 0.717) is 0 Å². The van der Waals surface area contributed by atoms with Crippen LogP contribution in [0.15, 0.2) is 30.5 Å². The average molecular weight is 283 g/mol. The van der Waals surface area contributed by atoms with Crippen LogP contribution in [0.1, 0.15) is 39.0 Å². The summed E-state index contributed by atoms with van der Waals surface area (Å²) in [5, 5.41) is 4.55. The smallest absolute Gasteiger partial charge is 0.0724 e. The summed E-state index contributed by atoms with van der Waals surface area (Å²) in [6, 6.07) is 8.06. The van der Waals surface area contributed by atoms with Crippen LogP contribution >= 0.6 is 0 Å². The zero-order valence-corrected chi connectivity index (χ0v) is 12.8. The first-order chi connectivity index (χ1) is 10.2. The van der Waals surface area contributed by atoms with Crippen LogP contribution in [0.3, 0.4) is 0 Å². The van der Waals surface area contributed by atoms with E-state index in [1.807, 2.05) is 24.3 Å². The van der Waals surface area contributed by atoms with Gasteiger partial charge < -0.3 is 11.1 Å². The number of fused-ring (bicyclic) bond motifs is 1. The first kappa shape index (κ1) is 14.2. The molecule has 0 bridgehead atoms. The molecular formula is C18H25N3. The lowest BCUT2D eigenvalue weighted by atomic mass is 9.81. The molecule has 3 N–H and O–H groups in total. The number of hydrogen-bond acceptors (Lipinski definition) is 3. The third kappa shape index (κ3) is 3.29. The van der Waals surface area contributed by atoms with Gasteiger partial charge >= 0.3 is 0 Å². The highest BCUT2D eigenvalue weighted by Gasteiger charge is 2.18. The highest BCUT2D eigenvalue weighted by Crippen LogP contribution is 2.31. The van der Waals surface area contributed by atoms with E-state index in [9.17, 15) is 0 Å². The molecule has 3 nitrogen and oxygen atoms in total. The fourth-order valence-electron chi connectivity index (χ4n) is 3.56. The zero-order chi connectivity index (χ0) is 14.7. The molecule has 1 fully saturated rings. The Bertz CT molecular complexity index is 608. The van der Waals surface area contributed by atoms with Crippen molar-refractivity contribution in [2.45, 2.75) is 39.0 Å². The molecule has 2 aromatic rings. The van der Waals surface area contributed by atoms with E-state index in [4.69, 9.17) is 5.73 Å². The predicted octanol–water partition coefficient (Wildman–Crippen LogP) is 4.45. The van der Waals surface area contributed by atoms with Crippen molar-refractivity contribution in [2.75, 3.05) is 17.6 Å². The fraction of sp³-hybridized carbons (Fsp3) is 0.500. The molecule has 1 aliphatic carbocycles. The summed E-state index contributed by atoms with van der Waals surface area (Å²) in [6.45, 7) is 3.39. The standard InChI is InChI=1S/C18H25N3/c1-13-4-2-5-14(12-13)9-11-21-17-8-7-16-15(18(17)19)6-3-10-20-16/h3,6-8,10,13-14,21H,2,4-5,9,11-12,19H2,1H3. The molecule has 3 rings (SSSR count). The maximum atomic E-state index is 6.26. The summed E-state index contributed by atoms with van der Waals surface area (Å²) in [7, 11) is 0. The van der Waals surface area contributed by atoms with Gasteiger partial charge in [0, 0.05) is 18.1 Å². The minimum absolute atomic E-state index is 0.817. The second-order valence-corrected chi connectivity index (χ2v) is 6.45. The van der Waals surface area contributed by atoms with Crippen LogP contribution in [0, 0.1) is 11.8 Å². The number of rotatable bonds is 4. The summed E-state index contributed by atoms with van der Waals surface area (Å²) < 4.78 is 0. The Hall–Kier alpha value is -1.77. The number of pyridine rings is 1. The van der Waals surface area contributed by atoms with Gasteiger partial charge in [-0.15, -0.1) is 0 Å². The average Bonchev–Trinajstić information content (AvgIpc) is 2.50. The molecule has 1 heterocycles. The van der Waals surface area contributed by atoms with Crippen LogP contribution in [-0.4, -0.2) is 11.5 Å². The van der Waals surface area contributed by atoms with Crippen LogP contribution in [0.5, 0.6) is 0 Å². The van der Waals surface area contributed by atoms with Gasteiger partial charge in [-0.25, -0.2) is 0 Å². The van der Waals surface area contributed by atoms with E-state index in [1.165, 1.54) is 32.1 Å². The van der Waals surface area contributed by atoms with Gasteiger partial charge in [0.15, 0.2) is 0 Å². The van der Waals surface area contributed by atoms with E-state index in [2.05, 4.69) is 17.2 Å². The molecular weight excluding hydrogens is 258 g/mol. The van der Waals surface area contributed by atoms with Crippen LogP contribution < -0.4 is 11.1 Å². The highest BCUT2D eigenvalue weighted by atomic mass is 14.9. The van der Waals surface area contributed by atoms with Crippen molar-refractivity contribution in [3.8, 4) is 0 Å². The number of nitrogen functional groups attached to an aromatic ring is 1. The Morgan fingerprint density at radius 3 is 3.05 bits per heavy atom. The minimum atomic E-state index is 0.817. The Morgan fingerprint density at radius 2 is 2.19 bits per heavy atom.